The first-order valence-corrected chi connectivity index (χ1v) is 7.09. The average molecular weight is 357 g/mol. The predicted octanol–water partition coefficient (Wildman–Crippen LogP) is 4.80. The lowest BCUT2D eigenvalue weighted by molar-refractivity contribution is -0.137. The van der Waals surface area contributed by atoms with Gasteiger partial charge in [-0.1, -0.05) is 15.9 Å². The Labute approximate surface area is 125 Å². The van der Waals surface area contributed by atoms with Crippen molar-refractivity contribution in [1.29, 1.82) is 0 Å². The van der Waals surface area contributed by atoms with Gasteiger partial charge in [0.15, 0.2) is 0 Å². The lowest BCUT2D eigenvalue weighted by Gasteiger charge is -2.05. The number of fused-ring (bicyclic) bond motifs is 1. The SMILES string of the molecule is FC(F)(F)c1ccc(-c2nc3c(CBr)ccnc3o2)cc1. The fraction of sp³-hybridized carbons (Fsp3) is 0.143. The van der Waals surface area contributed by atoms with Gasteiger partial charge in [-0.25, -0.2) is 9.97 Å². The molecule has 3 rings (SSSR count). The quantitative estimate of drug-likeness (QED) is 0.619. The zero-order chi connectivity index (χ0) is 15.0. The van der Waals surface area contributed by atoms with Crippen molar-refractivity contribution in [2.75, 3.05) is 0 Å². The number of hydrogen-bond acceptors (Lipinski definition) is 3. The molecule has 3 nitrogen and oxygen atoms in total. The number of halogens is 4. The molecule has 0 saturated carbocycles. The molecule has 1 aromatic carbocycles. The molecule has 0 aliphatic heterocycles. The molecule has 0 spiro atoms. The molecule has 0 amide bonds. The molecular formula is C14H8BrF3N2O. The van der Waals surface area contributed by atoms with Crippen LogP contribution in [0.1, 0.15) is 11.1 Å². The molecule has 7 heteroatoms. The van der Waals surface area contributed by atoms with E-state index < -0.39 is 11.7 Å². The summed E-state index contributed by atoms with van der Waals surface area (Å²) in [7, 11) is 0. The fourth-order valence-corrected chi connectivity index (χ4v) is 2.37. The molecule has 2 heterocycles. The topological polar surface area (TPSA) is 38.9 Å². The van der Waals surface area contributed by atoms with Crippen LogP contribution in [0.3, 0.4) is 0 Å². The predicted molar refractivity (Wildman–Crippen MR) is 74.9 cm³/mol. The highest BCUT2D eigenvalue weighted by Crippen LogP contribution is 2.31. The highest BCUT2D eigenvalue weighted by Gasteiger charge is 2.30. The van der Waals surface area contributed by atoms with Crippen LogP contribution in [0.5, 0.6) is 0 Å². The molecule has 0 bridgehead atoms. The van der Waals surface area contributed by atoms with Crippen LogP contribution in [-0.2, 0) is 11.5 Å². The monoisotopic (exact) mass is 356 g/mol. The summed E-state index contributed by atoms with van der Waals surface area (Å²) in [6.45, 7) is 0. The summed E-state index contributed by atoms with van der Waals surface area (Å²) in [6.07, 6.45) is -2.76. The summed E-state index contributed by atoms with van der Waals surface area (Å²) in [5.74, 6) is 0.250. The van der Waals surface area contributed by atoms with Gasteiger partial charge in [-0.2, -0.15) is 13.2 Å². The van der Waals surface area contributed by atoms with Crippen LogP contribution in [0.4, 0.5) is 13.2 Å². The third kappa shape index (κ3) is 2.65. The maximum Gasteiger partial charge on any atom is 0.416 e. The molecule has 2 aromatic heterocycles. The van der Waals surface area contributed by atoms with E-state index in [1.807, 2.05) is 0 Å². The molecule has 0 fully saturated rings. The Kier molecular flexibility index (Phi) is 3.44. The lowest BCUT2D eigenvalue weighted by atomic mass is 10.1. The Hall–Kier alpha value is -1.89. The van der Waals surface area contributed by atoms with Gasteiger partial charge in [0.25, 0.3) is 0 Å². The average Bonchev–Trinajstić information content (AvgIpc) is 2.90. The Morgan fingerprint density at radius 3 is 2.43 bits per heavy atom. The van der Waals surface area contributed by atoms with Crippen LogP contribution in [-0.4, -0.2) is 9.97 Å². The van der Waals surface area contributed by atoms with Crippen molar-refractivity contribution in [3.63, 3.8) is 0 Å². The summed E-state index contributed by atoms with van der Waals surface area (Å²) in [4.78, 5) is 8.37. The van der Waals surface area contributed by atoms with Crippen molar-refractivity contribution >= 4 is 27.2 Å². The number of oxazole rings is 1. The Morgan fingerprint density at radius 1 is 1.10 bits per heavy atom. The van der Waals surface area contributed by atoms with Crippen LogP contribution < -0.4 is 0 Å². The normalized spacial score (nSPS) is 12.0. The number of hydrogen-bond donors (Lipinski definition) is 0. The maximum atomic E-state index is 12.5. The van der Waals surface area contributed by atoms with Crippen molar-refractivity contribution < 1.29 is 17.6 Å². The van der Waals surface area contributed by atoms with Crippen molar-refractivity contribution in [3.8, 4) is 11.5 Å². The minimum Gasteiger partial charge on any atom is -0.418 e. The zero-order valence-corrected chi connectivity index (χ0v) is 12.1. The number of nitrogens with zero attached hydrogens (tertiary/aromatic N) is 2. The van der Waals surface area contributed by atoms with Crippen LogP contribution in [0.15, 0.2) is 40.9 Å². The van der Waals surface area contributed by atoms with E-state index in [1.54, 1.807) is 12.3 Å². The van der Waals surface area contributed by atoms with Gasteiger partial charge in [0.1, 0.15) is 5.52 Å². The first-order chi connectivity index (χ1) is 9.99. The van der Waals surface area contributed by atoms with Gasteiger partial charge in [0, 0.05) is 17.1 Å². The Balaban J connectivity index is 2.04. The van der Waals surface area contributed by atoms with Crippen molar-refractivity contribution in [2.45, 2.75) is 11.5 Å². The number of aromatic nitrogens is 2. The van der Waals surface area contributed by atoms with Gasteiger partial charge in [-0.3, -0.25) is 0 Å². The number of rotatable bonds is 2. The summed E-state index contributed by atoms with van der Waals surface area (Å²) < 4.78 is 43.1. The second-order valence-corrected chi connectivity index (χ2v) is 4.91. The van der Waals surface area contributed by atoms with E-state index in [-0.39, 0.29) is 5.89 Å². The maximum absolute atomic E-state index is 12.5. The standard InChI is InChI=1S/C14H8BrF3N2O/c15-7-9-5-6-19-13-11(9)20-12(21-13)8-1-3-10(4-2-8)14(16,17)18/h1-6H,7H2. The third-order valence-corrected chi connectivity index (χ3v) is 3.59. The molecule has 0 radical (unpaired) electrons. The summed E-state index contributed by atoms with van der Waals surface area (Å²) in [5, 5.41) is 0.588. The van der Waals surface area contributed by atoms with Gasteiger partial charge in [0.2, 0.25) is 11.6 Å². The van der Waals surface area contributed by atoms with E-state index in [4.69, 9.17) is 4.42 Å². The minimum absolute atomic E-state index is 0.250. The van der Waals surface area contributed by atoms with Crippen LogP contribution >= 0.6 is 15.9 Å². The summed E-state index contributed by atoms with van der Waals surface area (Å²) in [6, 6.07) is 6.48. The van der Waals surface area contributed by atoms with E-state index in [0.717, 1.165) is 17.7 Å². The lowest BCUT2D eigenvalue weighted by Crippen LogP contribution is -2.03. The molecule has 108 valence electrons. The van der Waals surface area contributed by atoms with Gasteiger partial charge in [0.05, 0.1) is 5.56 Å². The molecule has 0 atom stereocenters. The van der Waals surface area contributed by atoms with Crippen molar-refractivity contribution in [1.82, 2.24) is 9.97 Å². The molecule has 0 saturated heterocycles. The highest BCUT2D eigenvalue weighted by molar-refractivity contribution is 9.08. The number of benzene rings is 1. The van der Waals surface area contributed by atoms with Gasteiger partial charge in [-0.15, -0.1) is 0 Å². The second-order valence-electron chi connectivity index (χ2n) is 4.35. The van der Waals surface area contributed by atoms with Gasteiger partial charge < -0.3 is 4.42 Å². The first-order valence-electron chi connectivity index (χ1n) is 5.97. The smallest absolute Gasteiger partial charge is 0.416 e. The zero-order valence-electron chi connectivity index (χ0n) is 10.5. The van der Waals surface area contributed by atoms with Gasteiger partial charge in [-0.05, 0) is 35.9 Å². The van der Waals surface area contributed by atoms with Crippen molar-refractivity contribution in [2.24, 2.45) is 0 Å². The molecule has 3 aromatic rings. The van der Waals surface area contributed by atoms with Crippen molar-refractivity contribution in [3.05, 3.63) is 47.7 Å². The molecule has 0 aliphatic carbocycles. The fourth-order valence-electron chi connectivity index (χ4n) is 1.92. The van der Waals surface area contributed by atoms with Crippen LogP contribution in [0.2, 0.25) is 0 Å². The minimum atomic E-state index is -4.36. The summed E-state index contributed by atoms with van der Waals surface area (Å²) in [5.41, 5.74) is 1.64. The summed E-state index contributed by atoms with van der Waals surface area (Å²) >= 11 is 3.34. The Morgan fingerprint density at radius 2 is 1.81 bits per heavy atom. The molecule has 0 unspecified atom stereocenters. The molecule has 0 N–H and O–H groups in total. The van der Waals surface area contributed by atoms with E-state index in [2.05, 4.69) is 25.9 Å². The number of alkyl halides is 4. The van der Waals surface area contributed by atoms with E-state index >= 15 is 0 Å². The van der Waals surface area contributed by atoms with Gasteiger partial charge >= 0.3 is 6.18 Å². The van der Waals surface area contributed by atoms with Crippen LogP contribution in [0.25, 0.3) is 22.7 Å². The van der Waals surface area contributed by atoms with Crippen LogP contribution in [0, 0.1) is 0 Å². The third-order valence-electron chi connectivity index (χ3n) is 2.98. The first kappa shape index (κ1) is 14.1. The molecule has 0 aliphatic rings. The van der Waals surface area contributed by atoms with E-state index in [1.165, 1.54) is 12.1 Å². The van der Waals surface area contributed by atoms with E-state index in [9.17, 15) is 13.2 Å². The Bertz CT molecular complexity index is 781. The largest absolute Gasteiger partial charge is 0.418 e. The molecular weight excluding hydrogens is 349 g/mol. The van der Waals surface area contributed by atoms with E-state index in [0.29, 0.717) is 22.1 Å². The molecule has 21 heavy (non-hydrogen) atoms. The number of pyridine rings is 1. The highest BCUT2D eigenvalue weighted by atomic mass is 79.9. The second kappa shape index (κ2) is 5.14.